The van der Waals surface area contributed by atoms with E-state index in [1.165, 1.54) is 0 Å². The Balaban J connectivity index is 2.87. The highest BCUT2D eigenvalue weighted by atomic mass is 14.9. The van der Waals surface area contributed by atoms with Gasteiger partial charge in [0.25, 0.3) is 0 Å². The highest BCUT2D eigenvalue weighted by Gasteiger charge is 2.18. The minimum atomic E-state index is 0.309. The van der Waals surface area contributed by atoms with Crippen molar-refractivity contribution in [2.45, 2.75) is 20.3 Å². The first kappa shape index (κ1) is 12.2. The third kappa shape index (κ3) is 1.74. The molecule has 2 aromatic rings. The monoisotopic (exact) mass is 240 g/mol. The van der Waals surface area contributed by atoms with Gasteiger partial charge in [0, 0.05) is 30.2 Å². The molecule has 0 atom stereocenters. The molecule has 0 unspecified atom stereocenters. The lowest BCUT2D eigenvalue weighted by Crippen LogP contribution is -2.06. The van der Waals surface area contributed by atoms with Crippen molar-refractivity contribution in [3.05, 3.63) is 35.2 Å². The topological polar surface area (TPSA) is 67.6 Å². The summed E-state index contributed by atoms with van der Waals surface area (Å²) in [5.74, 6) is 0.309. The molecule has 2 heterocycles. The summed E-state index contributed by atoms with van der Waals surface area (Å²) in [5.41, 5.74) is 10.2. The Kier molecular flexibility index (Phi) is 3.07. The van der Waals surface area contributed by atoms with E-state index in [0.717, 1.165) is 28.9 Å². The number of anilines is 1. The Bertz CT molecular complexity index is 632. The van der Waals surface area contributed by atoms with Crippen LogP contribution in [0.3, 0.4) is 0 Å². The molecule has 0 saturated heterocycles. The third-order valence-electron chi connectivity index (χ3n) is 3.20. The summed E-state index contributed by atoms with van der Waals surface area (Å²) < 4.78 is 1.99. The molecular formula is C14H16N4. The number of rotatable bonds is 2. The zero-order valence-electron chi connectivity index (χ0n) is 10.9. The van der Waals surface area contributed by atoms with Crippen LogP contribution in [-0.4, -0.2) is 9.55 Å². The van der Waals surface area contributed by atoms with Gasteiger partial charge in [-0.15, -0.1) is 0 Å². The number of aromatic nitrogens is 2. The molecule has 4 nitrogen and oxygen atoms in total. The second kappa shape index (κ2) is 4.53. The van der Waals surface area contributed by atoms with Crippen molar-refractivity contribution in [2.24, 2.45) is 7.05 Å². The molecular weight excluding hydrogens is 224 g/mol. The molecule has 92 valence electrons. The molecule has 0 spiro atoms. The summed E-state index contributed by atoms with van der Waals surface area (Å²) in [6.45, 7) is 4.00. The maximum atomic E-state index is 9.32. The van der Waals surface area contributed by atoms with Gasteiger partial charge in [-0.05, 0) is 31.0 Å². The van der Waals surface area contributed by atoms with Gasteiger partial charge in [0.1, 0.15) is 17.5 Å². The number of hydrogen-bond donors (Lipinski definition) is 1. The maximum absolute atomic E-state index is 9.32. The van der Waals surface area contributed by atoms with Crippen LogP contribution in [0.1, 0.15) is 23.7 Å². The van der Waals surface area contributed by atoms with Crippen LogP contribution in [-0.2, 0) is 13.5 Å². The van der Waals surface area contributed by atoms with E-state index in [1.807, 2.05) is 36.9 Å². The summed E-state index contributed by atoms with van der Waals surface area (Å²) in [6, 6.07) is 6.13. The number of nitrogens with two attached hydrogens (primary N) is 1. The number of pyridine rings is 1. The van der Waals surface area contributed by atoms with Crippen molar-refractivity contribution in [1.29, 1.82) is 5.26 Å². The molecule has 2 aromatic heterocycles. The zero-order valence-corrected chi connectivity index (χ0v) is 10.9. The highest BCUT2D eigenvalue weighted by molar-refractivity contribution is 5.77. The molecule has 0 aromatic carbocycles. The first-order valence-electron chi connectivity index (χ1n) is 5.90. The van der Waals surface area contributed by atoms with E-state index in [0.29, 0.717) is 11.4 Å². The average Bonchev–Trinajstić information content (AvgIpc) is 2.74. The Hall–Kier alpha value is -2.28. The summed E-state index contributed by atoms with van der Waals surface area (Å²) in [6.07, 6.45) is 2.79. The molecule has 2 rings (SSSR count). The number of nitrogens with zero attached hydrogens (tertiary/aromatic N) is 3. The van der Waals surface area contributed by atoms with Crippen molar-refractivity contribution in [3.8, 4) is 17.3 Å². The fraction of sp³-hybridized carbons (Fsp3) is 0.286. The average molecular weight is 240 g/mol. The molecule has 4 heteroatoms. The standard InChI is InChI=1S/C14H16N4/c1-4-10-9(2)17-14(16)11(8-15)13(10)12-6-5-7-18(12)3/h5-7H,4H2,1-3H3,(H2,16,17). The van der Waals surface area contributed by atoms with Crippen LogP contribution in [0.4, 0.5) is 5.82 Å². The van der Waals surface area contributed by atoms with Crippen molar-refractivity contribution in [2.75, 3.05) is 5.73 Å². The Morgan fingerprint density at radius 2 is 2.22 bits per heavy atom. The van der Waals surface area contributed by atoms with Crippen molar-refractivity contribution < 1.29 is 0 Å². The predicted molar refractivity (Wildman–Crippen MR) is 71.9 cm³/mol. The summed E-state index contributed by atoms with van der Waals surface area (Å²) in [5, 5.41) is 9.32. The third-order valence-corrected chi connectivity index (χ3v) is 3.20. The molecule has 0 fully saturated rings. The van der Waals surface area contributed by atoms with Crippen LogP contribution in [0.5, 0.6) is 0 Å². The fourth-order valence-corrected chi connectivity index (χ4v) is 2.31. The number of hydrogen-bond acceptors (Lipinski definition) is 3. The second-order valence-electron chi connectivity index (χ2n) is 4.28. The van der Waals surface area contributed by atoms with E-state index in [9.17, 15) is 5.26 Å². The van der Waals surface area contributed by atoms with Gasteiger partial charge in [-0.1, -0.05) is 6.92 Å². The van der Waals surface area contributed by atoms with E-state index in [-0.39, 0.29) is 0 Å². The van der Waals surface area contributed by atoms with Crippen LogP contribution < -0.4 is 5.73 Å². The van der Waals surface area contributed by atoms with Crippen LogP contribution in [0.25, 0.3) is 11.3 Å². The molecule has 0 saturated carbocycles. The predicted octanol–water partition coefficient (Wildman–Crippen LogP) is 2.41. The van der Waals surface area contributed by atoms with Gasteiger partial charge in [-0.3, -0.25) is 0 Å². The van der Waals surface area contributed by atoms with Crippen LogP contribution in [0.2, 0.25) is 0 Å². The lowest BCUT2D eigenvalue weighted by molar-refractivity contribution is 0.928. The smallest absolute Gasteiger partial charge is 0.142 e. The molecule has 2 N–H and O–H groups in total. The van der Waals surface area contributed by atoms with E-state index in [2.05, 4.69) is 18.0 Å². The molecule has 0 radical (unpaired) electrons. The number of aryl methyl sites for hydroxylation is 2. The first-order chi connectivity index (χ1) is 8.60. The first-order valence-corrected chi connectivity index (χ1v) is 5.90. The number of nitrogen functional groups attached to an aromatic ring is 1. The van der Waals surface area contributed by atoms with Gasteiger partial charge >= 0.3 is 0 Å². The Labute approximate surface area is 107 Å². The Morgan fingerprint density at radius 1 is 1.50 bits per heavy atom. The lowest BCUT2D eigenvalue weighted by atomic mass is 9.96. The van der Waals surface area contributed by atoms with Crippen molar-refractivity contribution in [3.63, 3.8) is 0 Å². The molecule has 0 aliphatic carbocycles. The number of nitriles is 1. The summed E-state index contributed by atoms with van der Waals surface area (Å²) in [4.78, 5) is 4.26. The molecule has 0 aliphatic heterocycles. The molecule has 0 bridgehead atoms. The fourth-order valence-electron chi connectivity index (χ4n) is 2.31. The molecule has 18 heavy (non-hydrogen) atoms. The summed E-state index contributed by atoms with van der Waals surface area (Å²) >= 11 is 0. The van der Waals surface area contributed by atoms with Gasteiger partial charge in [0.15, 0.2) is 0 Å². The SMILES string of the molecule is CCc1c(C)nc(N)c(C#N)c1-c1cccn1C. The van der Waals surface area contributed by atoms with E-state index >= 15 is 0 Å². The Morgan fingerprint density at radius 3 is 2.72 bits per heavy atom. The van der Waals surface area contributed by atoms with Gasteiger partial charge in [0.2, 0.25) is 0 Å². The van der Waals surface area contributed by atoms with Crippen LogP contribution in [0, 0.1) is 18.3 Å². The summed E-state index contributed by atoms with van der Waals surface area (Å²) in [7, 11) is 1.96. The quantitative estimate of drug-likeness (QED) is 0.876. The van der Waals surface area contributed by atoms with Crippen LogP contribution >= 0.6 is 0 Å². The maximum Gasteiger partial charge on any atom is 0.142 e. The van der Waals surface area contributed by atoms with E-state index in [1.54, 1.807) is 0 Å². The van der Waals surface area contributed by atoms with Crippen LogP contribution in [0.15, 0.2) is 18.3 Å². The normalized spacial score (nSPS) is 10.3. The largest absolute Gasteiger partial charge is 0.383 e. The minimum Gasteiger partial charge on any atom is -0.383 e. The zero-order chi connectivity index (χ0) is 13.3. The van der Waals surface area contributed by atoms with E-state index < -0.39 is 0 Å². The minimum absolute atomic E-state index is 0.309. The van der Waals surface area contributed by atoms with E-state index in [4.69, 9.17) is 5.73 Å². The second-order valence-corrected chi connectivity index (χ2v) is 4.28. The van der Waals surface area contributed by atoms with Gasteiger partial charge in [-0.25, -0.2) is 4.98 Å². The van der Waals surface area contributed by atoms with Gasteiger partial charge in [-0.2, -0.15) is 5.26 Å². The van der Waals surface area contributed by atoms with Crippen molar-refractivity contribution in [1.82, 2.24) is 9.55 Å². The highest BCUT2D eigenvalue weighted by Crippen LogP contribution is 2.32. The lowest BCUT2D eigenvalue weighted by Gasteiger charge is -2.15. The van der Waals surface area contributed by atoms with Gasteiger partial charge < -0.3 is 10.3 Å². The van der Waals surface area contributed by atoms with Crippen molar-refractivity contribution >= 4 is 5.82 Å². The van der Waals surface area contributed by atoms with Gasteiger partial charge in [0.05, 0.1) is 0 Å². The molecule has 0 aliphatic rings. The molecule has 0 amide bonds.